The van der Waals surface area contributed by atoms with E-state index in [-0.39, 0.29) is 5.54 Å². The van der Waals surface area contributed by atoms with Crippen molar-refractivity contribution in [2.75, 3.05) is 26.2 Å². The maximum absolute atomic E-state index is 6.14. The highest BCUT2D eigenvalue weighted by Crippen LogP contribution is 2.43. The van der Waals surface area contributed by atoms with Crippen LogP contribution in [-0.4, -0.2) is 47.6 Å². The maximum atomic E-state index is 6.14. The van der Waals surface area contributed by atoms with E-state index in [9.17, 15) is 0 Å². The fourth-order valence-electron chi connectivity index (χ4n) is 4.55. The van der Waals surface area contributed by atoms with Crippen molar-refractivity contribution in [2.45, 2.75) is 72.4 Å². The number of nitrogens with zero attached hydrogens (tertiary/aromatic N) is 2. The van der Waals surface area contributed by atoms with E-state index >= 15 is 0 Å². The molecule has 0 radical (unpaired) electrons. The summed E-state index contributed by atoms with van der Waals surface area (Å²) in [6.45, 7) is 18.8. The predicted octanol–water partition coefficient (Wildman–Crippen LogP) is 6.11. The lowest BCUT2D eigenvalue weighted by Gasteiger charge is -2.46. The van der Waals surface area contributed by atoms with E-state index < -0.39 is 0 Å². The molecule has 1 aromatic rings. The number of allylic oxidation sites excluding steroid dienone is 1. The van der Waals surface area contributed by atoms with Gasteiger partial charge in [-0.05, 0) is 75.6 Å². The van der Waals surface area contributed by atoms with Crippen molar-refractivity contribution < 1.29 is 0 Å². The molecule has 0 bridgehead atoms. The summed E-state index contributed by atoms with van der Waals surface area (Å²) in [4.78, 5) is 5.33. The van der Waals surface area contributed by atoms with Gasteiger partial charge in [-0.2, -0.15) is 0 Å². The quantitative estimate of drug-likeness (QED) is 0.616. The van der Waals surface area contributed by atoms with Gasteiger partial charge in [-0.1, -0.05) is 43.2 Å². The minimum Gasteiger partial charge on any atom is -0.296 e. The molecule has 0 spiro atoms. The topological polar surface area (TPSA) is 6.48 Å². The smallest absolute Gasteiger partial charge is 0.0406 e. The lowest BCUT2D eigenvalue weighted by atomic mass is 9.72. The second-order valence-electron chi connectivity index (χ2n) is 10.4. The molecule has 0 aromatic heterocycles. The molecule has 1 aliphatic heterocycles. The van der Waals surface area contributed by atoms with Crippen molar-refractivity contribution in [3.8, 4) is 0 Å². The zero-order valence-corrected chi connectivity index (χ0v) is 18.9. The monoisotopic (exact) mass is 388 g/mol. The van der Waals surface area contributed by atoms with Crippen LogP contribution < -0.4 is 0 Å². The first kappa shape index (κ1) is 20.9. The van der Waals surface area contributed by atoms with Crippen LogP contribution in [0.1, 0.15) is 66.4 Å². The largest absolute Gasteiger partial charge is 0.296 e. The van der Waals surface area contributed by atoms with Gasteiger partial charge in [-0.3, -0.25) is 9.80 Å². The Balaban J connectivity index is 1.81. The van der Waals surface area contributed by atoms with E-state index in [0.717, 1.165) is 11.6 Å². The van der Waals surface area contributed by atoms with Crippen LogP contribution in [0, 0.1) is 5.41 Å². The number of piperazine rings is 1. The Kier molecular flexibility index (Phi) is 6.11. The molecule has 0 saturated carbocycles. The molecule has 0 amide bonds. The Bertz CT molecular complexity index is 681. The summed E-state index contributed by atoms with van der Waals surface area (Å²) in [6.07, 6.45) is 3.67. The van der Waals surface area contributed by atoms with Crippen LogP contribution in [-0.2, 0) is 0 Å². The van der Waals surface area contributed by atoms with Gasteiger partial charge in [0.25, 0.3) is 0 Å². The highest BCUT2D eigenvalue weighted by atomic mass is 35.5. The van der Waals surface area contributed by atoms with E-state index in [1.807, 2.05) is 12.1 Å². The Morgan fingerprint density at radius 2 is 1.78 bits per heavy atom. The first-order valence-electron chi connectivity index (χ1n) is 10.5. The molecule has 1 saturated heterocycles. The second kappa shape index (κ2) is 7.89. The van der Waals surface area contributed by atoms with E-state index in [2.05, 4.69) is 63.5 Å². The third kappa shape index (κ3) is 5.16. The van der Waals surface area contributed by atoms with Crippen molar-refractivity contribution >= 4 is 17.2 Å². The van der Waals surface area contributed by atoms with Gasteiger partial charge in [-0.25, -0.2) is 0 Å². The zero-order chi connectivity index (χ0) is 19.8. The molecule has 150 valence electrons. The fourth-order valence-corrected chi connectivity index (χ4v) is 4.67. The number of benzene rings is 1. The normalized spacial score (nSPS) is 25.1. The second-order valence-corrected chi connectivity index (χ2v) is 10.8. The minimum atomic E-state index is 0.267. The summed E-state index contributed by atoms with van der Waals surface area (Å²) in [7, 11) is 0. The first-order chi connectivity index (χ1) is 12.5. The zero-order valence-electron chi connectivity index (χ0n) is 18.1. The van der Waals surface area contributed by atoms with Crippen molar-refractivity contribution in [3.63, 3.8) is 0 Å². The van der Waals surface area contributed by atoms with Crippen molar-refractivity contribution in [3.05, 3.63) is 40.4 Å². The first-order valence-corrected chi connectivity index (χ1v) is 10.9. The molecule has 27 heavy (non-hydrogen) atoms. The lowest BCUT2D eigenvalue weighted by Crippen LogP contribution is -2.57. The molecular weight excluding hydrogens is 352 g/mol. The van der Waals surface area contributed by atoms with Gasteiger partial charge in [0.2, 0.25) is 0 Å². The van der Waals surface area contributed by atoms with Crippen LogP contribution in [0.2, 0.25) is 5.02 Å². The van der Waals surface area contributed by atoms with Crippen molar-refractivity contribution in [1.29, 1.82) is 0 Å². The van der Waals surface area contributed by atoms with Crippen LogP contribution in [0.25, 0.3) is 5.57 Å². The van der Waals surface area contributed by atoms with Crippen LogP contribution in [0.15, 0.2) is 29.8 Å². The average molecular weight is 389 g/mol. The van der Waals surface area contributed by atoms with E-state index in [4.69, 9.17) is 11.6 Å². The summed E-state index contributed by atoms with van der Waals surface area (Å²) in [5.74, 6) is 0. The summed E-state index contributed by atoms with van der Waals surface area (Å²) >= 11 is 6.14. The molecule has 1 fully saturated rings. The van der Waals surface area contributed by atoms with Gasteiger partial charge < -0.3 is 0 Å². The van der Waals surface area contributed by atoms with E-state index in [0.29, 0.717) is 11.5 Å². The van der Waals surface area contributed by atoms with Gasteiger partial charge >= 0.3 is 0 Å². The Labute approximate surface area is 171 Å². The Morgan fingerprint density at radius 1 is 1.11 bits per heavy atom. The summed E-state index contributed by atoms with van der Waals surface area (Å²) in [5, 5.41) is 0.822. The standard InChI is InChI=1S/C24H37ClN2/c1-18-16-27(23(2,3)4)14-13-26(18)17-20-11-12-24(5,6)15-22(20)19-7-9-21(25)10-8-19/h7-10,18H,11-17H2,1-6H3. The third-order valence-corrected chi connectivity index (χ3v) is 6.74. The van der Waals surface area contributed by atoms with Crippen molar-refractivity contribution in [2.24, 2.45) is 5.41 Å². The maximum Gasteiger partial charge on any atom is 0.0406 e. The SMILES string of the molecule is CC1CN(C(C)(C)C)CCN1CC1=C(c2ccc(Cl)cc2)CC(C)(C)CC1. The molecule has 1 aromatic carbocycles. The van der Waals surface area contributed by atoms with Crippen LogP contribution in [0.3, 0.4) is 0 Å². The predicted molar refractivity (Wildman–Crippen MR) is 118 cm³/mol. The molecule has 1 unspecified atom stereocenters. The minimum absolute atomic E-state index is 0.267. The van der Waals surface area contributed by atoms with Crippen LogP contribution in [0.4, 0.5) is 0 Å². The lowest BCUT2D eigenvalue weighted by molar-refractivity contribution is 0.0325. The van der Waals surface area contributed by atoms with Crippen LogP contribution >= 0.6 is 11.6 Å². The van der Waals surface area contributed by atoms with Gasteiger partial charge in [-0.15, -0.1) is 0 Å². The Morgan fingerprint density at radius 3 is 2.37 bits per heavy atom. The van der Waals surface area contributed by atoms with Gasteiger partial charge in [0, 0.05) is 42.8 Å². The summed E-state index contributed by atoms with van der Waals surface area (Å²) in [5.41, 5.74) is 5.22. The van der Waals surface area contributed by atoms with E-state index in [1.54, 1.807) is 11.1 Å². The van der Waals surface area contributed by atoms with Gasteiger partial charge in [0.1, 0.15) is 0 Å². The number of halogens is 1. The molecule has 1 aliphatic carbocycles. The number of hydrogen-bond donors (Lipinski definition) is 0. The molecule has 3 rings (SSSR count). The van der Waals surface area contributed by atoms with Gasteiger partial charge in [0.15, 0.2) is 0 Å². The average Bonchev–Trinajstić information content (AvgIpc) is 2.57. The third-order valence-electron chi connectivity index (χ3n) is 6.49. The molecule has 0 N–H and O–H groups in total. The number of rotatable bonds is 3. The van der Waals surface area contributed by atoms with Gasteiger partial charge in [0.05, 0.1) is 0 Å². The highest BCUT2D eigenvalue weighted by Gasteiger charge is 2.33. The number of hydrogen-bond acceptors (Lipinski definition) is 2. The summed E-state index contributed by atoms with van der Waals surface area (Å²) in [6, 6.07) is 9.09. The fraction of sp³-hybridized carbons (Fsp3) is 0.667. The van der Waals surface area contributed by atoms with Crippen LogP contribution in [0.5, 0.6) is 0 Å². The molecule has 2 nitrogen and oxygen atoms in total. The summed E-state index contributed by atoms with van der Waals surface area (Å²) < 4.78 is 0. The highest BCUT2D eigenvalue weighted by molar-refractivity contribution is 6.30. The molecule has 1 heterocycles. The molecule has 3 heteroatoms. The molecule has 2 aliphatic rings. The molecule has 1 atom stereocenters. The van der Waals surface area contributed by atoms with E-state index in [1.165, 1.54) is 44.5 Å². The molecular formula is C24H37ClN2. The van der Waals surface area contributed by atoms with Crippen molar-refractivity contribution in [1.82, 2.24) is 9.80 Å². The Hall–Kier alpha value is -0.830.